The van der Waals surface area contributed by atoms with E-state index in [-0.39, 0.29) is 11.8 Å². The lowest BCUT2D eigenvalue weighted by Gasteiger charge is -2.35. The normalized spacial score (nSPS) is 17.1. The summed E-state index contributed by atoms with van der Waals surface area (Å²) in [5.74, 6) is -0.0522. The van der Waals surface area contributed by atoms with Crippen LogP contribution in [0.3, 0.4) is 0 Å². The van der Waals surface area contributed by atoms with Gasteiger partial charge in [0.05, 0.1) is 28.0 Å². The monoisotopic (exact) mass is 372 g/mol. The van der Waals surface area contributed by atoms with Gasteiger partial charge in [0.1, 0.15) is 0 Å². The summed E-state index contributed by atoms with van der Waals surface area (Å²) in [6.45, 7) is 2.97. The molecular weight excluding hydrogens is 352 g/mol. The molecule has 0 radical (unpaired) electrons. The molecule has 0 unspecified atom stereocenters. The van der Waals surface area contributed by atoms with Gasteiger partial charge in [-0.25, -0.2) is 0 Å². The second-order valence-electron chi connectivity index (χ2n) is 6.75. The topological polar surface area (TPSA) is 58.4 Å². The fraction of sp³-hybridized carbons (Fsp3) is 0.421. The van der Waals surface area contributed by atoms with Gasteiger partial charge in [0, 0.05) is 32.7 Å². The largest absolute Gasteiger partial charge is 0.335 e. The standard InChI is InChI=1S/C19H21ClN4O2/c20-16-6-2-1-5-14(16)18(25)22-9-11-23(12-10-22)19(26)15-13-21-24-8-4-3-7-17(15)24/h1-2,5-6,13H,3-4,7-12H2. The van der Waals surface area contributed by atoms with Crippen LogP contribution in [0.25, 0.3) is 0 Å². The van der Waals surface area contributed by atoms with Crippen molar-refractivity contribution in [1.82, 2.24) is 19.6 Å². The van der Waals surface area contributed by atoms with Crippen LogP contribution in [0.15, 0.2) is 30.5 Å². The Morgan fingerprint density at radius 2 is 1.54 bits per heavy atom. The highest BCUT2D eigenvalue weighted by molar-refractivity contribution is 6.33. The van der Waals surface area contributed by atoms with Gasteiger partial charge in [0.2, 0.25) is 0 Å². The molecule has 1 fully saturated rings. The fourth-order valence-electron chi connectivity index (χ4n) is 3.69. The first-order chi connectivity index (χ1) is 12.6. The van der Waals surface area contributed by atoms with Crippen molar-refractivity contribution in [2.75, 3.05) is 26.2 Å². The summed E-state index contributed by atoms with van der Waals surface area (Å²) in [6, 6.07) is 7.07. The highest BCUT2D eigenvalue weighted by Gasteiger charge is 2.29. The van der Waals surface area contributed by atoms with Crippen molar-refractivity contribution in [3.8, 4) is 0 Å². The van der Waals surface area contributed by atoms with Gasteiger partial charge in [-0.1, -0.05) is 23.7 Å². The number of piperazine rings is 1. The Balaban J connectivity index is 1.42. The third-order valence-corrected chi connectivity index (χ3v) is 5.50. The second kappa shape index (κ2) is 7.11. The summed E-state index contributed by atoms with van der Waals surface area (Å²) < 4.78 is 1.95. The van der Waals surface area contributed by atoms with Crippen LogP contribution in [-0.2, 0) is 13.0 Å². The third kappa shape index (κ3) is 3.09. The van der Waals surface area contributed by atoms with Crippen molar-refractivity contribution in [3.63, 3.8) is 0 Å². The van der Waals surface area contributed by atoms with E-state index in [1.54, 1.807) is 23.2 Å². The van der Waals surface area contributed by atoms with E-state index in [9.17, 15) is 9.59 Å². The van der Waals surface area contributed by atoms with E-state index in [0.29, 0.717) is 36.8 Å². The molecule has 1 aromatic heterocycles. The summed E-state index contributed by atoms with van der Waals surface area (Å²) in [7, 11) is 0. The Bertz CT molecular complexity index is 840. The average molecular weight is 373 g/mol. The molecular formula is C19H21ClN4O2. The zero-order valence-corrected chi connectivity index (χ0v) is 15.3. The van der Waals surface area contributed by atoms with Gasteiger partial charge in [-0.15, -0.1) is 0 Å². The molecule has 4 rings (SSSR count). The molecule has 2 aromatic rings. The summed E-state index contributed by atoms with van der Waals surface area (Å²) >= 11 is 6.13. The number of aryl methyl sites for hydroxylation is 1. The Morgan fingerprint density at radius 1 is 0.885 bits per heavy atom. The number of hydrogen-bond donors (Lipinski definition) is 0. The number of carbonyl (C=O) groups is 2. The first-order valence-electron chi connectivity index (χ1n) is 9.03. The van der Waals surface area contributed by atoms with Gasteiger partial charge in [-0.05, 0) is 31.4 Å². The summed E-state index contributed by atoms with van der Waals surface area (Å²) in [4.78, 5) is 29.1. The fourth-order valence-corrected chi connectivity index (χ4v) is 3.90. The maximum absolute atomic E-state index is 12.9. The SMILES string of the molecule is O=C(c1ccccc1Cl)N1CCN(C(=O)c2cnn3c2CCCC3)CC1. The number of fused-ring (bicyclic) bond motifs is 1. The Morgan fingerprint density at radius 3 is 2.23 bits per heavy atom. The summed E-state index contributed by atoms with van der Waals surface area (Å²) in [5, 5.41) is 4.82. The highest BCUT2D eigenvalue weighted by Crippen LogP contribution is 2.21. The van der Waals surface area contributed by atoms with E-state index in [1.807, 2.05) is 21.7 Å². The molecule has 0 aliphatic carbocycles. The average Bonchev–Trinajstić information content (AvgIpc) is 3.11. The predicted molar refractivity (Wildman–Crippen MR) is 98.4 cm³/mol. The molecule has 0 N–H and O–H groups in total. The van der Waals surface area contributed by atoms with Gasteiger partial charge in [0.25, 0.3) is 11.8 Å². The maximum atomic E-state index is 12.9. The number of benzene rings is 1. The van der Waals surface area contributed by atoms with E-state index >= 15 is 0 Å². The Hall–Kier alpha value is -2.34. The van der Waals surface area contributed by atoms with Gasteiger partial charge < -0.3 is 9.80 Å². The molecule has 26 heavy (non-hydrogen) atoms. The molecule has 1 saturated heterocycles. The smallest absolute Gasteiger partial charge is 0.257 e. The van der Waals surface area contributed by atoms with E-state index in [2.05, 4.69) is 5.10 Å². The van der Waals surface area contributed by atoms with Crippen LogP contribution >= 0.6 is 11.6 Å². The molecule has 0 bridgehead atoms. The first kappa shape index (κ1) is 17.1. The zero-order valence-electron chi connectivity index (χ0n) is 14.5. The van der Waals surface area contributed by atoms with Crippen LogP contribution < -0.4 is 0 Å². The zero-order chi connectivity index (χ0) is 18.1. The van der Waals surface area contributed by atoms with Gasteiger partial charge >= 0.3 is 0 Å². The van der Waals surface area contributed by atoms with Crippen molar-refractivity contribution in [3.05, 3.63) is 52.3 Å². The number of rotatable bonds is 2. The van der Waals surface area contributed by atoms with Crippen molar-refractivity contribution >= 4 is 23.4 Å². The van der Waals surface area contributed by atoms with E-state index in [4.69, 9.17) is 11.6 Å². The van der Waals surface area contributed by atoms with Crippen molar-refractivity contribution in [1.29, 1.82) is 0 Å². The number of aromatic nitrogens is 2. The van der Waals surface area contributed by atoms with Crippen LogP contribution in [-0.4, -0.2) is 57.6 Å². The number of hydrogen-bond acceptors (Lipinski definition) is 3. The van der Waals surface area contributed by atoms with Crippen LogP contribution in [0, 0.1) is 0 Å². The minimum atomic E-state index is -0.0781. The quantitative estimate of drug-likeness (QED) is 0.813. The molecule has 7 heteroatoms. The van der Waals surface area contributed by atoms with Crippen LogP contribution in [0.1, 0.15) is 39.3 Å². The van der Waals surface area contributed by atoms with Gasteiger partial charge in [-0.3, -0.25) is 14.3 Å². The van der Waals surface area contributed by atoms with Gasteiger partial charge in [-0.2, -0.15) is 5.10 Å². The molecule has 3 heterocycles. The number of halogens is 1. The second-order valence-corrected chi connectivity index (χ2v) is 7.16. The van der Waals surface area contributed by atoms with Crippen LogP contribution in [0.5, 0.6) is 0 Å². The molecule has 6 nitrogen and oxygen atoms in total. The molecule has 2 amide bonds. The third-order valence-electron chi connectivity index (χ3n) is 5.17. The van der Waals surface area contributed by atoms with Crippen molar-refractivity contribution in [2.24, 2.45) is 0 Å². The lowest BCUT2D eigenvalue weighted by atomic mass is 10.1. The van der Waals surface area contributed by atoms with Crippen molar-refractivity contribution in [2.45, 2.75) is 25.8 Å². The maximum Gasteiger partial charge on any atom is 0.257 e. The molecule has 0 atom stereocenters. The molecule has 136 valence electrons. The lowest BCUT2D eigenvalue weighted by Crippen LogP contribution is -2.50. The van der Waals surface area contributed by atoms with E-state index in [0.717, 1.165) is 37.1 Å². The number of carbonyl (C=O) groups excluding carboxylic acids is 2. The van der Waals surface area contributed by atoms with Crippen molar-refractivity contribution < 1.29 is 9.59 Å². The lowest BCUT2D eigenvalue weighted by molar-refractivity contribution is 0.0534. The summed E-state index contributed by atoms with van der Waals surface area (Å²) in [5.41, 5.74) is 2.28. The minimum absolute atomic E-state index is 0.0259. The van der Waals surface area contributed by atoms with E-state index in [1.165, 1.54) is 0 Å². The molecule has 1 aromatic carbocycles. The first-order valence-corrected chi connectivity index (χ1v) is 9.40. The number of nitrogens with zero attached hydrogens (tertiary/aromatic N) is 4. The van der Waals surface area contributed by atoms with Crippen LogP contribution in [0.4, 0.5) is 0 Å². The highest BCUT2D eigenvalue weighted by atomic mass is 35.5. The molecule has 0 spiro atoms. The molecule has 2 aliphatic heterocycles. The predicted octanol–water partition coefficient (Wildman–Crippen LogP) is 2.47. The molecule has 2 aliphatic rings. The van der Waals surface area contributed by atoms with Gasteiger partial charge in [0.15, 0.2) is 0 Å². The summed E-state index contributed by atoms with van der Waals surface area (Å²) in [6.07, 6.45) is 4.83. The minimum Gasteiger partial charge on any atom is -0.335 e. The molecule has 0 saturated carbocycles. The van der Waals surface area contributed by atoms with E-state index < -0.39 is 0 Å². The van der Waals surface area contributed by atoms with Crippen LogP contribution in [0.2, 0.25) is 5.02 Å². The Labute approximate surface area is 157 Å². The number of amides is 2. The Kier molecular flexibility index (Phi) is 4.68.